The Labute approximate surface area is 183 Å². The second kappa shape index (κ2) is 8.34. The molecule has 0 aliphatic carbocycles. The van der Waals surface area contributed by atoms with E-state index in [4.69, 9.17) is 34.8 Å². The van der Waals surface area contributed by atoms with Gasteiger partial charge in [0.05, 0.1) is 6.33 Å². The van der Waals surface area contributed by atoms with Crippen LogP contribution in [0, 0.1) is 0 Å². The van der Waals surface area contributed by atoms with Crippen LogP contribution >= 0.6 is 34.8 Å². The molecule has 2 aromatic heterocycles. The monoisotopic (exact) mass is 452 g/mol. The van der Waals surface area contributed by atoms with E-state index in [-0.39, 0.29) is 5.91 Å². The number of hydrogen-bond acceptors (Lipinski definition) is 5. The quantitative estimate of drug-likeness (QED) is 0.602. The molecule has 1 N–H and O–H groups in total. The second-order valence-electron chi connectivity index (χ2n) is 6.85. The summed E-state index contributed by atoms with van der Waals surface area (Å²) in [6, 6.07) is 8.74. The van der Waals surface area contributed by atoms with Crippen LogP contribution in [0.1, 0.15) is 35.8 Å². The Hall–Kier alpha value is -2.09. The van der Waals surface area contributed by atoms with E-state index in [2.05, 4.69) is 25.2 Å². The Morgan fingerprint density at radius 2 is 1.76 bits per heavy atom. The largest absolute Gasteiger partial charge is 0.355 e. The molecule has 152 valence electrons. The first kappa shape index (κ1) is 20.2. The highest BCUT2D eigenvalue weighted by atomic mass is 35.6. The van der Waals surface area contributed by atoms with Crippen LogP contribution < -0.4 is 10.2 Å². The average molecular weight is 454 g/mol. The zero-order valence-corrected chi connectivity index (χ0v) is 17.7. The van der Waals surface area contributed by atoms with Crippen LogP contribution in [0.5, 0.6) is 0 Å². The number of benzene rings is 1. The van der Waals surface area contributed by atoms with E-state index in [1.807, 2.05) is 6.07 Å². The number of anilines is 1. The Balaban J connectivity index is 1.71. The van der Waals surface area contributed by atoms with E-state index in [9.17, 15) is 4.79 Å². The zero-order chi connectivity index (χ0) is 20.4. The summed E-state index contributed by atoms with van der Waals surface area (Å²) < 4.78 is -0.257. The number of nitrogens with one attached hydrogen (secondary N) is 1. The highest BCUT2D eigenvalue weighted by molar-refractivity contribution is 6.68. The third kappa shape index (κ3) is 4.27. The fourth-order valence-electron chi connectivity index (χ4n) is 3.47. The van der Waals surface area contributed by atoms with Crippen LogP contribution in [-0.2, 0) is 0 Å². The van der Waals surface area contributed by atoms with E-state index in [1.54, 1.807) is 28.8 Å². The predicted octanol–water partition coefficient (Wildman–Crippen LogP) is 4.12. The number of carbonyl (C=O) groups is 1. The van der Waals surface area contributed by atoms with Gasteiger partial charge in [0, 0.05) is 18.7 Å². The molecule has 0 saturated carbocycles. The number of aromatic nitrogens is 4. The fourth-order valence-corrected chi connectivity index (χ4v) is 3.95. The fraction of sp³-hybridized carbons (Fsp3) is 0.368. The molecule has 1 aliphatic rings. The van der Waals surface area contributed by atoms with Gasteiger partial charge in [0.2, 0.25) is 3.79 Å². The lowest BCUT2D eigenvalue weighted by molar-refractivity contribution is 0.0921. The average Bonchev–Trinajstić information content (AvgIpc) is 3.16. The van der Waals surface area contributed by atoms with Gasteiger partial charge in [-0.15, -0.1) is 0 Å². The number of halogens is 3. The lowest BCUT2D eigenvalue weighted by Crippen LogP contribution is -2.40. The number of nitrogens with zero attached hydrogens (tertiary/aromatic N) is 5. The number of rotatable bonds is 4. The molecule has 7 nitrogen and oxygen atoms in total. The van der Waals surface area contributed by atoms with Crippen molar-refractivity contribution in [3.8, 4) is 0 Å². The molecular formula is C19H19Cl3N6O. The summed E-state index contributed by atoms with van der Waals surface area (Å²) in [4.78, 5) is 28.1. The Morgan fingerprint density at radius 1 is 1.03 bits per heavy atom. The number of fused-ring (bicyclic) bond motifs is 1. The Kier molecular flexibility index (Phi) is 5.81. The van der Waals surface area contributed by atoms with Crippen molar-refractivity contribution in [2.45, 2.75) is 29.2 Å². The minimum atomic E-state index is -1.83. The number of hydrogen-bond donors (Lipinski definition) is 1. The van der Waals surface area contributed by atoms with Crippen molar-refractivity contribution in [2.24, 2.45) is 0 Å². The van der Waals surface area contributed by atoms with Gasteiger partial charge in [0.15, 0.2) is 23.1 Å². The van der Waals surface area contributed by atoms with Gasteiger partial charge in [-0.05, 0) is 31.4 Å². The van der Waals surface area contributed by atoms with Gasteiger partial charge in [-0.2, -0.15) is 0 Å². The molecule has 29 heavy (non-hydrogen) atoms. The molecule has 4 rings (SSSR count). The maximum absolute atomic E-state index is 12.7. The topological polar surface area (TPSA) is 75.9 Å². The molecule has 0 spiro atoms. The van der Waals surface area contributed by atoms with Crippen molar-refractivity contribution in [3.63, 3.8) is 0 Å². The molecule has 1 unspecified atom stereocenters. The molecule has 0 bridgehead atoms. The van der Waals surface area contributed by atoms with E-state index >= 15 is 0 Å². The third-order valence-electron chi connectivity index (χ3n) is 4.89. The van der Waals surface area contributed by atoms with Crippen molar-refractivity contribution in [2.75, 3.05) is 18.0 Å². The molecule has 10 heteroatoms. The third-order valence-corrected chi connectivity index (χ3v) is 5.51. The molecule has 1 saturated heterocycles. The minimum Gasteiger partial charge on any atom is -0.355 e. The van der Waals surface area contributed by atoms with Gasteiger partial charge < -0.3 is 10.2 Å². The number of amides is 1. The molecule has 3 aromatic rings. The highest BCUT2D eigenvalue weighted by Crippen LogP contribution is 2.38. The number of carbonyl (C=O) groups excluding carboxylic acids is 1. The van der Waals surface area contributed by atoms with Gasteiger partial charge in [-0.3, -0.25) is 9.36 Å². The first-order chi connectivity index (χ1) is 13.9. The van der Waals surface area contributed by atoms with E-state index < -0.39 is 9.96 Å². The molecule has 1 amide bonds. The summed E-state index contributed by atoms with van der Waals surface area (Å²) in [5.41, 5.74) is 1.56. The standard InChI is InChI=1S/C19H19Cl3N6O/c20-19(21,22)18(26-17(29)13-7-3-1-4-8-13)28-12-25-14-15(23-11-24-16(14)28)27-9-5-2-6-10-27/h1,3-4,7-8,11-12,18H,2,5-6,9-10H2,(H,26,29). The van der Waals surface area contributed by atoms with E-state index in [0.717, 1.165) is 31.7 Å². The Bertz CT molecular complexity index is 998. The van der Waals surface area contributed by atoms with Gasteiger partial charge in [0.25, 0.3) is 5.91 Å². The second-order valence-corrected chi connectivity index (χ2v) is 9.22. The zero-order valence-electron chi connectivity index (χ0n) is 15.4. The van der Waals surface area contributed by atoms with Crippen molar-refractivity contribution < 1.29 is 4.79 Å². The summed E-state index contributed by atoms with van der Waals surface area (Å²) in [6.45, 7) is 1.83. The number of piperidine rings is 1. The first-order valence-electron chi connectivity index (χ1n) is 9.30. The predicted molar refractivity (Wildman–Crippen MR) is 115 cm³/mol. The summed E-state index contributed by atoms with van der Waals surface area (Å²) in [5, 5.41) is 2.78. The van der Waals surface area contributed by atoms with Crippen molar-refractivity contribution >= 4 is 57.7 Å². The van der Waals surface area contributed by atoms with Gasteiger partial charge in [-0.25, -0.2) is 15.0 Å². The summed E-state index contributed by atoms with van der Waals surface area (Å²) in [5.74, 6) is 0.389. The van der Waals surface area contributed by atoms with Crippen LogP contribution in [0.15, 0.2) is 43.0 Å². The lowest BCUT2D eigenvalue weighted by Gasteiger charge is -2.28. The molecule has 3 heterocycles. The number of imidazole rings is 1. The van der Waals surface area contributed by atoms with Crippen LogP contribution in [-0.4, -0.2) is 42.3 Å². The van der Waals surface area contributed by atoms with Crippen molar-refractivity contribution in [3.05, 3.63) is 48.5 Å². The van der Waals surface area contributed by atoms with Crippen LogP contribution in [0.4, 0.5) is 5.82 Å². The molecule has 1 aliphatic heterocycles. The van der Waals surface area contributed by atoms with Crippen molar-refractivity contribution in [1.29, 1.82) is 0 Å². The molecule has 1 aromatic carbocycles. The molecule has 1 fully saturated rings. The lowest BCUT2D eigenvalue weighted by atomic mass is 10.1. The van der Waals surface area contributed by atoms with Crippen molar-refractivity contribution in [1.82, 2.24) is 24.8 Å². The maximum Gasteiger partial charge on any atom is 0.253 e. The molecular weight excluding hydrogens is 435 g/mol. The normalized spacial score (nSPS) is 16.0. The number of alkyl halides is 3. The van der Waals surface area contributed by atoms with Gasteiger partial charge in [-0.1, -0.05) is 53.0 Å². The minimum absolute atomic E-state index is 0.367. The first-order valence-corrected chi connectivity index (χ1v) is 10.4. The van der Waals surface area contributed by atoms with Gasteiger partial charge in [0.1, 0.15) is 6.33 Å². The van der Waals surface area contributed by atoms with Crippen LogP contribution in [0.25, 0.3) is 11.2 Å². The summed E-state index contributed by atoms with van der Waals surface area (Å²) in [6.07, 6.45) is 5.41. The maximum atomic E-state index is 12.7. The van der Waals surface area contributed by atoms with E-state index in [1.165, 1.54) is 19.1 Å². The van der Waals surface area contributed by atoms with Crippen LogP contribution in [0.3, 0.4) is 0 Å². The van der Waals surface area contributed by atoms with Crippen LogP contribution in [0.2, 0.25) is 0 Å². The highest BCUT2D eigenvalue weighted by Gasteiger charge is 2.37. The Morgan fingerprint density at radius 3 is 2.45 bits per heavy atom. The smallest absolute Gasteiger partial charge is 0.253 e. The molecule has 0 radical (unpaired) electrons. The summed E-state index contributed by atoms with van der Waals surface area (Å²) >= 11 is 18.7. The van der Waals surface area contributed by atoms with Gasteiger partial charge >= 0.3 is 0 Å². The van der Waals surface area contributed by atoms with E-state index in [0.29, 0.717) is 16.7 Å². The SMILES string of the molecule is O=C(NC(n1cnc2c(N3CCCCC3)ncnc21)C(Cl)(Cl)Cl)c1ccccc1. The summed E-state index contributed by atoms with van der Waals surface area (Å²) in [7, 11) is 0. The molecule has 1 atom stereocenters.